The van der Waals surface area contributed by atoms with E-state index in [9.17, 15) is 19.5 Å². The highest BCUT2D eigenvalue weighted by atomic mass is 35.5. The van der Waals surface area contributed by atoms with Gasteiger partial charge in [0.2, 0.25) is 5.79 Å². The lowest BCUT2D eigenvalue weighted by Crippen LogP contribution is -2.46. The molecule has 0 radical (unpaired) electrons. The number of piperazine rings is 1. The second-order valence-electron chi connectivity index (χ2n) is 18.0. The van der Waals surface area contributed by atoms with Crippen molar-refractivity contribution >= 4 is 69.0 Å². The Morgan fingerprint density at radius 2 is 1.47 bits per heavy atom. The first-order valence-electron chi connectivity index (χ1n) is 24.0. The molecule has 2 saturated heterocycles. The van der Waals surface area contributed by atoms with Crippen LogP contribution in [0.15, 0.2) is 133 Å². The number of hydrogen-bond acceptors (Lipinski definition) is 12. The van der Waals surface area contributed by atoms with Crippen LogP contribution in [0.4, 0.5) is 11.4 Å². The molecule has 10 rings (SSSR count). The molecule has 5 aromatic carbocycles. The Hall–Kier alpha value is -7.15. The number of benzene rings is 5. The fourth-order valence-electron chi connectivity index (χ4n) is 9.19. The zero-order chi connectivity index (χ0) is 52.1. The third kappa shape index (κ3) is 11.2. The van der Waals surface area contributed by atoms with Crippen LogP contribution in [0.5, 0.6) is 11.5 Å². The van der Waals surface area contributed by atoms with Crippen molar-refractivity contribution < 1.29 is 33.6 Å². The molecule has 0 spiro atoms. The standard InChI is InChI=1S/C35H38Cl2N8O4.C19H16ClNO4/c1-3-25(2)45-34(46)44(24-40-45)29-7-5-27(6-8-29)41-14-16-42(17-15-41)28-9-11-30(12-10-28)47-19-31-20-48-35(49-31,21-43-23-38-22-39-43)32-13-4-26(36)18-33(32)37;1-11-15(10-18(22)23)16-9-14(25-2)7-8-17(16)21(11)19(24)12-3-5-13(20)6-4-12/h4-13,18,22-25,31H,3,14-17,19-21H2,1-2H3;3-9H,10H2,1-2H3,(H,22,23)/t25?,31-,35-;/m0./s1. The van der Waals surface area contributed by atoms with Gasteiger partial charge in [0.1, 0.15) is 49.7 Å². The first-order chi connectivity index (χ1) is 35.7. The van der Waals surface area contributed by atoms with Gasteiger partial charge in [0, 0.05) is 69.8 Å². The quantitative estimate of drug-likeness (QED) is 0.103. The molecular formula is C54H54Cl3N9O8. The number of carbonyl (C=O) groups is 2. The summed E-state index contributed by atoms with van der Waals surface area (Å²) in [5.74, 6) is -0.993. The number of carboxylic acid groups (broad SMARTS) is 1. The summed E-state index contributed by atoms with van der Waals surface area (Å²) >= 11 is 18.6. The molecule has 0 bridgehead atoms. The largest absolute Gasteiger partial charge is 0.497 e. The minimum absolute atomic E-state index is 0.0645. The predicted octanol–water partition coefficient (Wildman–Crippen LogP) is 9.50. The van der Waals surface area contributed by atoms with E-state index in [-0.39, 0.29) is 36.7 Å². The maximum atomic E-state index is 13.0. The monoisotopic (exact) mass is 1060 g/mol. The SMILES string of the molecule is CCC(C)n1ncn(-c2ccc(N3CCN(c4ccc(OC[C@H]5CO[C@](Cn6cncn6)(c6ccc(Cl)cc6Cl)O5)cc4)CC3)cc2)c1=O.COc1ccc2c(c1)c(CC(=O)O)c(C)n2C(=O)c1ccc(Cl)cc1. The smallest absolute Gasteiger partial charge is 0.350 e. The summed E-state index contributed by atoms with van der Waals surface area (Å²) in [7, 11) is 1.54. The average Bonchev–Trinajstić information content (AvgIpc) is 4.23. The fraction of sp³-hybridized carbons (Fsp3) is 0.296. The summed E-state index contributed by atoms with van der Waals surface area (Å²) < 4.78 is 30.4. The number of hydrogen-bond donors (Lipinski definition) is 1. The molecule has 3 aromatic heterocycles. The van der Waals surface area contributed by atoms with Crippen LogP contribution in [0.1, 0.15) is 53.5 Å². The maximum absolute atomic E-state index is 13.0. The number of carbonyl (C=O) groups excluding carboxylic acids is 1. The van der Waals surface area contributed by atoms with Gasteiger partial charge in [0.15, 0.2) is 0 Å². The van der Waals surface area contributed by atoms with Gasteiger partial charge in [-0.3, -0.25) is 14.2 Å². The first-order valence-corrected chi connectivity index (χ1v) is 25.2. The summed E-state index contributed by atoms with van der Waals surface area (Å²) in [5.41, 5.74) is 5.97. The molecule has 74 heavy (non-hydrogen) atoms. The van der Waals surface area contributed by atoms with E-state index >= 15 is 0 Å². The van der Waals surface area contributed by atoms with E-state index in [0.29, 0.717) is 67.3 Å². The Kier molecular flexibility index (Phi) is 15.8. The van der Waals surface area contributed by atoms with Crippen molar-refractivity contribution in [2.24, 2.45) is 0 Å². The molecule has 1 N–H and O–H groups in total. The van der Waals surface area contributed by atoms with Crippen molar-refractivity contribution in [3.63, 3.8) is 0 Å². The van der Waals surface area contributed by atoms with Crippen LogP contribution in [0.2, 0.25) is 15.1 Å². The van der Waals surface area contributed by atoms with Gasteiger partial charge < -0.3 is 33.9 Å². The second-order valence-corrected chi connectivity index (χ2v) is 19.2. The Balaban J connectivity index is 0.000000226. The van der Waals surface area contributed by atoms with Gasteiger partial charge in [0.05, 0.1) is 42.4 Å². The third-order valence-electron chi connectivity index (χ3n) is 13.3. The van der Waals surface area contributed by atoms with Crippen LogP contribution < -0.4 is 25.0 Å². The Bertz CT molecular complexity index is 3300. The van der Waals surface area contributed by atoms with Crippen molar-refractivity contribution in [1.29, 1.82) is 0 Å². The van der Waals surface area contributed by atoms with Crippen molar-refractivity contribution in [2.45, 2.75) is 58.1 Å². The van der Waals surface area contributed by atoms with Crippen LogP contribution >= 0.6 is 34.8 Å². The molecule has 17 nitrogen and oxygen atoms in total. The lowest BCUT2D eigenvalue weighted by Gasteiger charge is -2.37. The van der Waals surface area contributed by atoms with Crippen LogP contribution in [0.25, 0.3) is 16.6 Å². The number of methoxy groups -OCH3 is 1. The minimum atomic E-state index is -1.16. The molecule has 2 aliphatic rings. The zero-order valence-electron chi connectivity index (χ0n) is 41.1. The molecule has 0 saturated carbocycles. The Morgan fingerprint density at radius 1 is 0.824 bits per heavy atom. The van der Waals surface area contributed by atoms with E-state index < -0.39 is 11.8 Å². The normalized spacial score (nSPS) is 17.0. The number of aliphatic carboxylic acids is 1. The number of aromatic nitrogens is 7. The first kappa shape index (κ1) is 51.7. The van der Waals surface area contributed by atoms with Gasteiger partial charge >= 0.3 is 11.7 Å². The number of nitrogens with zero attached hydrogens (tertiary/aromatic N) is 9. The molecule has 2 aliphatic heterocycles. The number of anilines is 2. The van der Waals surface area contributed by atoms with E-state index in [1.165, 1.54) is 15.6 Å². The van der Waals surface area contributed by atoms with Gasteiger partial charge in [-0.25, -0.2) is 23.7 Å². The lowest BCUT2D eigenvalue weighted by molar-refractivity contribution is -0.190. The molecule has 20 heteroatoms. The van der Waals surface area contributed by atoms with E-state index in [1.807, 2.05) is 44.2 Å². The number of halogens is 3. The van der Waals surface area contributed by atoms with Gasteiger partial charge in [-0.15, -0.1) is 0 Å². The molecule has 3 atom stereocenters. The summed E-state index contributed by atoms with van der Waals surface area (Å²) in [6, 6.07) is 33.4. The molecule has 0 amide bonds. The lowest BCUT2D eigenvalue weighted by atomic mass is 10.1. The van der Waals surface area contributed by atoms with Crippen LogP contribution in [-0.4, -0.2) is 103 Å². The highest BCUT2D eigenvalue weighted by Gasteiger charge is 2.46. The Labute approximate surface area is 441 Å². The van der Waals surface area contributed by atoms with Crippen molar-refractivity contribution in [1.82, 2.24) is 33.7 Å². The average molecular weight is 1060 g/mol. The number of fused-ring (bicyclic) bond motifs is 1. The highest BCUT2D eigenvalue weighted by molar-refractivity contribution is 6.35. The highest BCUT2D eigenvalue weighted by Crippen LogP contribution is 2.41. The fourth-order valence-corrected chi connectivity index (χ4v) is 9.87. The molecular weight excluding hydrogens is 1010 g/mol. The number of rotatable bonds is 15. The zero-order valence-corrected chi connectivity index (χ0v) is 43.4. The molecule has 384 valence electrons. The van der Waals surface area contributed by atoms with Crippen molar-refractivity contribution in [3.8, 4) is 17.2 Å². The van der Waals surface area contributed by atoms with E-state index in [2.05, 4.69) is 49.2 Å². The summed E-state index contributed by atoms with van der Waals surface area (Å²) in [6.07, 6.45) is 5.02. The molecule has 8 aromatic rings. The van der Waals surface area contributed by atoms with Crippen LogP contribution in [0, 0.1) is 6.92 Å². The minimum Gasteiger partial charge on any atom is -0.497 e. The maximum Gasteiger partial charge on any atom is 0.350 e. The Morgan fingerprint density at radius 3 is 2.09 bits per heavy atom. The predicted molar refractivity (Wildman–Crippen MR) is 284 cm³/mol. The summed E-state index contributed by atoms with van der Waals surface area (Å²) in [4.78, 5) is 45.8. The number of ether oxygens (including phenoxy) is 4. The van der Waals surface area contributed by atoms with E-state index in [4.69, 9.17) is 53.8 Å². The molecule has 5 heterocycles. The molecule has 2 fully saturated rings. The van der Waals surface area contributed by atoms with Gasteiger partial charge in [-0.2, -0.15) is 10.2 Å². The topological polar surface area (TPSA) is 173 Å². The van der Waals surface area contributed by atoms with Crippen molar-refractivity contribution in [2.75, 3.05) is 56.3 Å². The van der Waals surface area contributed by atoms with Gasteiger partial charge in [0.25, 0.3) is 5.91 Å². The van der Waals surface area contributed by atoms with E-state index in [1.54, 1.807) is 90.5 Å². The van der Waals surface area contributed by atoms with Gasteiger partial charge in [-0.05, 0) is 129 Å². The molecule has 1 unspecified atom stereocenters. The summed E-state index contributed by atoms with van der Waals surface area (Å²) in [5, 5.41) is 20.0. The summed E-state index contributed by atoms with van der Waals surface area (Å²) in [6.45, 7) is 10.2. The van der Waals surface area contributed by atoms with E-state index in [0.717, 1.165) is 55.4 Å². The van der Waals surface area contributed by atoms with Crippen LogP contribution in [-0.2, 0) is 33.0 Å². The van der Waals surface area contributed by atoms with Gasteiger partial charge in [-0.1, -0.05) is 47.8 Å². The van der Waals surface area contributed by atoms with Crippen LogP contribution in [0.3, 0.4) is 0 Å². The third-order valence-corrected chi connectivity index (χ3v) is 14.1. The van der Waals surface area contributed by atoms with Crippen molar-refractivity contribution in [3.05, 3.63) is 176 Å². The second kappa shape index (κ2) is 22.5. The molecule has 0 aliphatic carbocycles. The number of carboxylic acids is 1.